The fourth-order valence-corrected chi connectivity index (χ4v) is 3.05. The van der Waals surface area contributed by atoms with Crippen LogP contribution in [0.2, 0.25) is 0 Å². The third-order valence-electron chi connectivity index (χ3n) is 4.59. The maximum Gasteiger partial charge on any atom is 0.224 e. The summed E-state index contributed by atoms with van der Waals surface area (Å²) in [7, 11) is 1.68. The van der Waals surface area contributed by atoms with E-state index in [1.54, 1.807) is 7.11 Å². The molecule has 0 aromatic rings. The second-order valence-corrected chi connectivity index (χ2v) is 6.10. The number of hydrogen-bond acceptors (Lipinski definition) is 4. The topological polar surface area (TPSA) is 73.6 Å². The fourth-order valence-electron chi connectivity index (χ4n) is 3.05. The van der Waals surface area contributed by atoms with Gasteiger partial charge in [0.15, 0.2) is 0 Å². The highest BCUT2D eigenvalue weighted by Crippen LogP contribution is 2.28. The van der Waals surface area contributed by atoms with Gasteiger partial charge < -0.3 is 20.5 Å². The predicted octanol–water partition coefficient (Wildman–Crippen LogP) is 0.672. The highest BCUT2D eigenvalue weighted by Gasteiger charge is 2.37. The molecule has 1 saturated carbocycles. The van der Waals surface area contributed by atoms with Crippen LogP contribution in [-0.2, 0) is 14.3 Å². The minimum absolute atomic E-state index is 0.00507. The van der Waals surface area contributed by atoms with Gasteiger partial charge in [-0.15, -0.1) is 0 Å². The van der Waals surface area contributed by atoms with Gasteiger partial charge in [-0.2, -0.15) is 0 Å². The van der Waals surface area contributed by atoms with Gasteiger partial charge in [0.1, 0.15) is 5.60 Å². The number of rotatable bonds is 4. The summed E-state index contributed by atoms with van der Waals surface area (Å²) < 4.78 is 10.9. The van der Waals surface area contributed by atoms with E-state index >= 15 is 0 Å². The van der Waals surface area contributed by atoms with Gasteiger partial charge in [-0.1, -0.05) is 6.92 Å². The van der Waals surface area contributed by atoms with Crippen LogP contribution in [0, 0.1) is 11.8 Å². The first-order chi connectivity index (χ1) is 9.06. The van der Waals surface area contributed by atoms with Crippen molar-refractivity contribution in [1.29, 1.82) is 0 Å². The average Bonchev–Trinajstić information content (AvgIpc) is 2.88. The van der Waals surface area contributed by atoms with Crippen molar-refractivity contribution in [2.45, 2.75) is 44.2 Å². The number of amides is 1. The molecule has 5 nitrogen and oxygen atoms in total. The van der Waals surface area contributed by atoms with Gasteiger partial charge in [0.2, 0.25) is 5.91 Å². The molecule has 1 aliphatic carbocycles. The Bertz CT molecular complexity index is 316. The van der Waals surface area contributed by atoms with E-state index in [2.05, 4.69) is 12.2 Å². The van der Waals surface area contributed by atoms with Gasteiger partial charge in [-0.3, -0.25) is 4.79 Å². The number of nitrogens with one attached hydrogen (secondary N) is 1. The average molecular weight is 270 g/mol. The Labute approximate surface area is 115 Å². The number of ether oxygens (including phenoxy) is 2. The summed E-state index contributed by atoms with van der Waals surface area (Å²) in [6.07, 6.45) is 3.79. The second-order valence-electron chi connectivity index (χ2n) is 6.10. The molecule has 4 atom stereocenters. The Kier molecular flexibility index (Phi) is 4.81. The predicted molar refractivity (Wildman–Crippen MR) is 72.7 cm³/mol. The zero-order valence-electron chi connectivity index (χ0n) is 12.0. The minimum atomic E-state index is -0.347. The SMILES string of the molecule is COC1(CNC(=O)C2CC(C)CCC2N)CCOC1. The van der Waals surface area contributed by atoms with E-state index in [4.69, 9.17) is 15.2 Å². The molecule has 0 spiro atoms. The summed E-state index contributed by atoms with van der Waals surface area (Å²) >= 11 is 0. The molecular formula is C14H26N2O3. The van der Waals surface area contributed by atoms with Gasteiger partial charge in [0.05, 0.1) is 12.5 Å². The lowest BCUT2D eigenvalue weighted by Gasteiger charge is -2.33. The molecule has 2 rings (SSSR count). The van der Waals surface area contributed by atoms with Crippen molar-refractivity contribution in [2.75, 3.05) is 26.9 Å². The van der Waals surface area contributed by atoms with Crippen molar-refractivity contribution < 1.29 is 14.3 Å². The summed E-state index contributed by atoms with van der Waals surface area (Å²) in [4.78, 5) is 12.3. The monoisotopic (exact) mass is 270 g/mol. The van der Waals surface area contributed by atoms with E-state index in [-0.39, 0.29) is 23.5 Å². The molecule has 0 bridgehead atoms. The molecule has 2 fully saturated rings. The molecule has 1 heterocycles. The molecule has 0 aromatic carbocycles. The van der Waals surface area contributed by atoms with Crippen LogP contribution in [0.5, 0.6) is 0 Å². The van der Waals surface area contributed by atoms with Crippen molar-refractivity contribution in [1.82, 2.24) is 5.32 Å². The van der Waals surface area contributed by atoms with Crippen molar-refractivity contribution >= 4 is 5.91 Å². The minimum Gasteiger partial charge on any atom is -0.378 e. The van der Waals surface area contributed by atoms with Crippen LogP contribution in [0.1, 0.15) is 32.6 Å². The highest BCUT2D eigenvalue weighted by molar-refractivity contribution is 5.79. The summed E-state index contributed by atoms with van der Waals surface area (Å²) in [6.45, 7) is 3.95. The van der Waals surface area contributed by atoms with E-state index in [1.165, 1.54) is 0 Å². The molecule has 1 aliphatic heterocycles. The van der Waals surface area contributed by atoms with Gasteiger partial charge in [0.25, 0.3) is 0 Å². The maximum atomic E-state index is 12.3. The lowest BCUT2D eigenvalue weighted by Crippen LogP contribution is -2.50. The van der Waals surface area contributed by atoms with Gasteiger partial charge >= 0.3 is 0 Å². The van der Waals surface area contributed by atoms with Crippen molar-refractivity contribution in [3.63, 3.8) is 0 Å². The number of carbonyl (C=O) groups is 1. The van der Waals surface area contributed by atoms with Crippen molar-refractivity contribution in [3.05, 3.63) is 0 Å². The molecule has 19 heavy (non-hydrogen) atoms. The standard InChI is InChI=1S/C14H26N2O3/c1-10-3-4-12(15)11(7-10)13(17)16-8-14(18-2)5-6-19-9-14/h10-12H,3-9,15H2,1-2H3,(H,16,17). The lowest BCUT2D eigenvalue weighted by molar-refractivity contribution is -0.128. The second kappa shape index (κ2) is 6.20. The zero-order chi connectivity index (χ0) is 13.9. The van der Waals surface area contributed by atoms with Crippen LogP contribution in [0.3, 0.4) is 0 Å². The summed E-state index contributed by atoms with van der Waals surface area (Å²) in [6, 6.07) is -0.00507. The summed E-state index contributed by atoms with van der Waals surface area (Å²) in [5, 5.41) is 3.01. The first-order valence-corrected chi connectivity index (χ1v) is 7.22. The molecule has 1 saturated heterocycles. The zero-order valence-corrected chi connectivity index (χ0v) is 12.0. The van der Waals surface area contributed by atoms with Crippen molar-refractivity contribution in [2.24, 2.45) is 17.6 Å². The Hall–Kier alpha value is -0.650. The van der Waals surface area contributed by atoms with Crippen LogP contribution in [0.4, 0.5) is 0 Å². The first kappa shape index (κ1) is 14.8. The van der Waals surface area contributed by atoms with Crippen LogP contribution in [-0.4, -0.2) is 44.4 Å². The van der Waals surface area contributed by atoms with Crippen LogP contribution in [0.25, 0.3) is 0 Å². The van der Waals surface area contributed by atoms with Crippen LogP contribution in [0.15, 0.2) is 0 Å². The van der Waals surface area contributed by atoms with E-state index in [1.807, 2.05) is 0 Å². The maximum absolute atomic E-state index is 12.3. The molecule has 110 valence electrons. The Morgan fingerprint density at radius 3 is 2.95 bits per heavy atom. The van der Waals surface area contributed by atoms with Gasteiger partial charge in [-0.05, 0) is 25.2 Å². The third-order valence-corrected chi connectivity index (χ3v) is 4.59. The van der Waals surface area contributed by atoms with E-state index < -0.39 is 0 Å². The van der Waals surface area contributed by atoms with Crippen LogP contribution < -0.4 is 11.1 Å². The Morgan fingerprint density at radius 2 is 2.32 bits per heavy atom. The molecule has 3 N–H and O–H groups in total. The van der Waals surface area contributed by atoms with Gasteiger partial charge in [-0.25, -0.2) is 0 Å². The molecule has 0 aromatic heterocycles. The molecule has 1 amide bonds. The first-order valence-electron chi connectivity index (χ1n) is 7.22. The number of nitrogens with two attached hydrogens (primary N) is 1. The fraction of sp³-hybridized carbons (Fsp3) is 0.929. The molecular weight excluding hydrogens is 244 g/mol. The molecule has 4 unspecified atom stereocenters. The van der Waals surface area contributed by atoms with E-state index in [0.29, 0.717) is 25.7 Å². The number of hydrogen-bond donors (Lipinski definition) is 2. The molecule has 2 aliphatic rings. The summed E-state index contributed by atoms with van der Waals surface area (Å²) in [5.41, 5.74) is 5.73. The van der Waals surface area contributed by atoms with Crippen LogP contribution >= 0.6 is 0 Å². The van der Waals surface area contributed by atoms with E-state index in [9.17, 15) is 4.79 Å². The Balaban J connectivity index is 1.86. The third kappa shape index (κ3) is 3.46. The lowest BCUT2D eigenvalue weighted by atomic mass is 9.78. The van der Waals surface area contributed by atoms with Gasteiger partial charge in [0, 0.05) is 32.7 Å². The largest absolute Gasteiger partial charge is 0.378 e. The highest BCUT2D eigenvalue weighted by atomic mass is 16.5. The number of methoxy groups -OCH3 is 1. The summed E-state index contributed by atoms with van der Waals surface area (Å²) in [5.74, 6) is 0.601. The Morgan fingerprint density at radius 1 is 1.53 bits per heavy atom. The normalized spacial score (nSPS) is 39.2. The molecule has 5 heteroatoms. The number of carbonyl (C=O) groups excluding carboxylic acids is 1. The van der Waals surface area contributed by atoms with Crippen molar-refractivity contribution in [3.8, 4) is 0 Å². The molecule has 0 radical (unpaired) electrons. The van der Waals surface area contributed by atoms with E-state index in [0.717, 1.165) is 25.7 Å². The smallest absolute Gasteiger partial charge is 0.224 e. The quantitative estimate of drug-likeness (QED) is 0.787.